The number of carbonyl (C=O) groups is 1. The molecule has 0 aromatic heterocycles. The van der Waals surface area contributed by atoms with Gasteiger partial charge in [-0.15, -0.1) is 6.42 Å². The highest BCUT2D eigenvalue weighted by molar-refractivity contribution is 5.67. The van der Waals surface area contributed by atoms with E-state index >= 15 is 0 Å². The second kappa shape index (κ2) is 6.85. The van der Waals surface area contributed by atoms with Gasteiger partial charge in [-0.2, -0.15) is 0 Å². The minimum absolute atomic E-state index is 0.369. The molecule has 0 spiro atoms. The minimum atomic E-state index is -0.493. The van der Waals surface area contributed by atoms with Gasteiger partial charge in [0.2, 0.25) is 0 Å². The molecular weight excluding hydrogens is 254 g/mol. The largest absolute Gasteiger partial charge is 0.492 e. The highest BCUT2D eigenvalue weighted by Gasteiger charge is 2.15. The number of nitrogens with one attached hydrogen (secondary N) is 1. The van der Waals surface area contributed by atoms with Crippen LogP contribution in [0.4, 0.5) is 4.79 Å². The zero-order chi connectivity index (χ0) is 15.2. The van der Waals surface area contributed by atoms with Crippen LogP contribution in [-0.4, -0.2) is 24.8 Å². The molecule has 0 saturated heterocycles. The van der Waals surface area contributed by atoms with E-state index in [9.17, 15) is 4.79 Å². The maximum atomic E-state index is 11.4. The first-order chi connectivity index (χ1) is 9.31. The first kappa shape index (κ1) is 15.9. The lowest BCUT2D eigenvalue weighted by Gasteiger charge is -2.19. The third-order valence-electron chi connectivity index (χ3n) is 2.39. The number of rotatable bonds is 4. The molecule has 1 N–H and O–H groups in total. The van der Waals surface area contributed by atoms with Crippen molar-refractivity contribution in [3.05, 3.63) is 29.3 Å². The van der Waals surface area contributed by atoms with Crippen molar-refractivity contribution in [3.63, 3.8) is 0 Å². The van der Waals surface area contributed by atoms with Crippen molar-refractivity contribution < 1.29 is 14.3 Å². The number of alkyl carbamates (subject to hydrolysis) is 1. The molecule has 0 atom stereocenters. The molecule has 0 unspecified atom stereocenters. The highest BCUT2D eigenvalue weighted by Crippen LogP contribution is 2.16. The molecule has 4 nitrogen and oxygen atoms in total. The number of ether oxygens (including phenoxy) is 2. The van der Waals surface area contributed by atoms with Gasteiger partial charge in [0.15, 0.2) is 0 Å². The van der Waals surface area contributed by atoms with E-state index in [2.05, 4.69) is 11.2 Å². The fourth-order valence-corrected chi connectivity index (χ4v) is 1.52. The molecule has 1 aromatic rings. The molecule has 0 aliphatic carbocycles. The van der Waals surface area contributed by atoms with Crippen LogP contribution in [0.3, 0.4) is 0 Å². The molecule has 0 heterocycles. The Morgan fingerprint density at radius 3 is 2.65 bits per heavy atom. The lowest BCUT2D eigenvalue weighted by molar-refractivity contribution is 0.0520. The molecule has 4 heteroatoms. The number of terminal acetylenes is 1. The molecule has 20 heavy (non-hydrogen) atoms. The van der Waals surface area contributed by atoms with Gasteiger partial charge in [0.1, 0.15) is 18.0 Å². The maximum Gasteiger partial charge on any atom is 0.407 e. The molecule has 1 amide bonds. The van der Waals surface area contributed by atoms with Gasteiger partial charge in [-0.3, -0.25) is 0 Å². The van der Waals surface area contributed by atoms with Crippen molar-refractivity contribution >= 4 is 6.09 Å². The van der Waals surface area contributed by atoms with Crippen LogP contribution in [0.25, 0.3) is 0 Å². The molecule has 0 radical (unpaired) electrons. The quantitative estimate of drug-likeness (QED) is 0.679. The van der Waals surface area contributed by atoms with Crippen molar-refractivity contribution in [2.24, 2.45) is 0 Å². The first-order valence-corrected chi connectivity index (χ1v) is 6.49. The number of carbonyl (C=O) groups excluding carboxylic acids is 1. The van der Waals surface area contributed by atoms with Gasteiger partial charge in [0.25, 0.3) is 0 Å². The van der Waals surface area contributed by atoms with E-state index in [1.165, 1.54) is 0 Å². The van der Waals surface area contributed by atoms with Gasteiger partial charge < -0.3 is 14.8 Å². The number of hydrogen-bond acceptors (Lipinski definition) is 3. The van der Waals surface area contributed by atoms with Crippen LogP contribution >= 0.6 is 0 Å². The monoisotopic (exact) mass is 275 g/mol. The van der Waals surface area contributed by atoms with Crippen molar-refractivity contribution in [2.75, 3.05) is 13.2 Å². The van der Waals surface area contributed by atoms with Gasteiger partial charge in [-0.1, -0.05) is 5.92 Å². The van der Waals surface area contributed by atoms with E-state index in [1.807, 2.05) is 45.9 Å². The van der Waals surface area contributed by atoms with Crippen LogP contribution in [0.2, 0.25) is 0 Å². The summed E-state index contributed by atoms with van der Waals surface area (Å²) in [4.78, 5) is 11.4. The standard InChI is InChI=1S/C16H21NO3/c1-6-13-7-8-14(11-12(13)2)19-10-9-17-15(18)20-16(3,4)5/h1,7-8,11H,9-10H2,2-5H3,(H,17,18). The predicted octanol–water partition coefficient (Wildman–Crippen LogP) is 2.88. The molecule has 1 rings (SSSR count). The van der Waals surface area contributed by atoms with Gasteiger partial charge in [-0.25, -0.2) is 4.79 Å². The summed E-state index contributed by atoms with van der Waals surface area (Å²) in [6.45, 7) is 8.14. The summed E-state index contributed by atoms with van der Waals surface area (Å²) in [7, 11) is 0. The Morgan fingerprint density at radius 1 is 1.40 bits per heavy atom. The number of amides is 1. The lowest BCUT2D eigenvalue weighted by atomic mass is 10.1. The Morgan fingerprint density at radius 2 is 2.10 bits per heavy atom. The third-order valence-corrected chi connectivity index (χ3v) is 2.39. The third kappa shape index (κ3) is 5.66. The normalized spacial score (nSPS) is 10.6. The van der Waals surface area contributed by atoms with E-state index in [-0.39, 0.29) is 0 Å². The summed E-state index contributed by atoms with van der Waals surface area (Å²) in [5.74, 6) is 3.33. The molecule has 0 saturated carbocycles. The molecule has 1 aromatic carbocycles. The topological polar surface area (TPSA) is 47.6 Å². The summed E-state index contributed by atoms with van der Waals surface area (Å²) in [5.41, 5.74) is 1.35. The summed E-state index contributed by atoms with van der Waals surface area (Å²) >= 11 is 0. The van der Waals surface area contributed by atoms with Gasteiger partial charge in [0.05, 0.1) is 6.54 Å². The van der Waals surface area contributed by atoms with Crippen molar-refractivity contribution in [3.8, 4) is 18.1 Å². The van der Waals surface area contributed by atoms with Crippen LogP contribution in [0.15, 0.2) is 18.2 Å². The van der Waals surface area contributed by atoms with Gasteiger partial charge >= 0.3 is 6.09 Å². The molecule has 0 aliphatic rings. The zero-order valence-electron chi connectivity index (χ0n) is 12.4. The van der Waals surface area contributed by atoms with E-state index in [1.54, 1.807) is 0 Å². The summed E-state index contributed by atoms with van der Waals surface area (Å²) in [6.07, 6.45) is 4.91. The highest BCUT2D eigenvalue weighted by atomic mass is 16.6. The number of hydrogen-bond donors (Lipinski definition) is 1. The van der Waals surface area contributed by atoms with Crippen LogP contribution in [0.1, 0.15) is 31.9 Å². The second-order valence-electron chi connectivity index (χ2n) is 5.40. The Bertz CT molecular complexity index is 509. The Labute approximate surface area is 120 Å². The molecule has 108 valence electrons. The smallest absolute Gasteiger partial charge is 0.407 e. The van der Waals surface area contributed by atoms with Gasteiger partial charge in [0, 0.05) is 5.56 Å². The number of benzene rings is 1. The maximum absolute atomic E-state index is 11.4. The Hall–Kier alpha value is -2.15. The minimum Gasteiger partial charge on any atom is -0.492 e. The predicted molar refractivity (Wildman–Crippen MR) is 78.8 cm³/mol. The number of aryl methyl sites for hydroxylation is 1. The second-order valence-corrected chi connectivity index (χ2v) is 5.40. The molecular formula is C16H21NO3. The van der Waals surface area contributed by atoms with E-state index < -0.39 is 11.7 Å². The molecule has 0 fully saturated rings. The van der Waals surface area contributed by atoms with Crippen LogP contribution in [0.5, 0.6) is 5.75 Å². The van der Waals surface area contributed by atoms with Crippen molar-refractivity contribution in [1.29, 1.82) is 0 Å². The fraction of sp³-hybridized carbons (Fsp3) is 0.438. The average Bonchev–Trinajstić information content (AvgIpc) is 2.33. The fourth-order valence-electron chi connectivity index (χ4n) is 1.52. The summed E-state index contributed by atoms with van der Waals surface area (Å²) in [5, 5.41) is 2.63. The van der Waals surface area contributed by atoms with Crippen molar-refractivity contribution in [1.82, 2.24) is 5.32 Å². The van der Waals surface area contributed by atoms with Gasteiger partial charge in [-0.05, 0) is 51.5 Å². The van der Waals surface area contributed by atoms with Crippen LogP contribution in [-0.2, 0) is 4.74 Å². The van der Waals surface area contributed by atoms with Crippen LogP contribution < -0.4 is 10.1 Å². The van der Waals surface area contributed by atoms with E-state index in [0.717, 1.165) is 16.9 Å². The Kier molecular flexibility index (Phi) is 5.45. The average molecular weight is 275 g/mol. The summed E-state index contributed by atoms with van der Waals surface area (Å²) < 4.78 is 10.6. The van der Waals surface area contributed by atoms with Crippen LogP contribution in [0, 0.1) is 19.3 Å². The zero-order valence-corrected chi connectivity index (χ0v) is 12.4. The summed E-state index contributed by atoms with van der Waals surface area (Å²) in [6, 6.07) is 5.53. The molecule has 0 bridgehead atoms. The first-order valence-electron chi connectivity index (χ1n) is 6.49. The Balaban J connectivity index is 2.33. The van der Waals surface area contributed by atoms with E-state index in [0.29, 0.717) is 13.2 Å². The molecule has 0 aliphatic heterocycles. The lowest BCUT2D eigenvalue weighted by Crippen LogP contribution is -2.34. The van der Waals surface area contributed by atoms with E-state index in [4.69, 9.17) is 15.9 Å². The SMILES string of the molecule is C#Cc1ccc(OCCNC(=O)OC(C)(C)C)cc1C. The van der Waals surface area contributed by atoms with Crippen molar-refractivity contribution in [2.45, 2.75) is 33.3 Å².